The Hall–Kier alpha value is -2.03. The number of nitrogens with one attached hydrogen (secondary N) is 2. The summed E-state index contributed by atoms with van der Waals surface area (Å²) in [5, 5.41) is 5.87. The number of aromatic nitrogens is 1. The van der Waals surface area contributed by atoms with Crippen molar-refractivity contribution in [2.45, 2.75) is 38.1 Å². The van der Waals surface area contributed by atoms with Gasteiger partial charge in [0.25, 0.3) is 0 Å². The summed E-state index contributed by atoms with van der Waals surface area (Å²) in [6.07, 6.45) is 10.2. The number of fused-ring (bicyclic) bond motifs is 1. The van der Waals surface area contributed by atoms with Crippen LogP contribution in [0.15, 0.2) is 60.8 Å². The number of aryl methyl sites for hydroxylation is 1. The number of aromatic amines is 1. The molecule has 2 aromatic carbocycles. The summed E-state index contributed by atoms with van der Waals surface area (Å²) >= 11 is 6.37. The molecule has 0 radical (unpaired) electrons. The van der Waals surface area contributed by atoms with Crippen LogP contribution >= 0.6 is 11.6 Å². The molecule has 0 spiro atoms. The van der Waals surface area contributed by atoms with Gasteiger partial charge in [0, 0.05) is 34.7 Å². The van der Waals surface area contributed by atoms with Gasteiger partial charge in [0.05, 0.1) is 0 Å². The highest BCUT2D eigenvalue weighted by Crippen LogP contribution is 2.29. The van der Waals surface area contributed by atoms with Crippen LogP contribution < -0.4 is 5.32 Å². The van der Waals surface area contributed by atoms with Gasteiger partial charge >= 0.3 is 0 Å². The lowest BCUT2D eigenvalue weighted by molar-refractivity contribution is 0.477. The standard InChI is InChI=1S/C23H25ClN2/c24-22-10-4-3-9-20(22)18-12-14-25-19(16-18)8-2-1-6-17-7-5-11-23-21(17)13-15-26-23/h3-5,7,9-13,15,19,25-26H,1-2,6,8,14,16H2. The molecule has 1 unspecified atom stereocenters. The van der Waals surface area contributed by atoms with Crippen molar-refractivity contribution in [1.29, 1.82) is 0 Å². The lowest BCUT2D eigenvalue weighted by Gasteiger charge is -2.25. The third-order valence-electron chi connectivity index (χ3n) is 5.38. The van der Waals surface area contributed by atoms with Crippen LogP contribution in [-0.2, 0) is 6.42 Å². The first-order chi connectivity index (χ1) is 12.8. The van der Waals surface area contributed by atoms with E-state index in [9.17, 15) is 0 Å². The topological polar surface area (TPSA) is 27.8 Å². The molecule has 134 valence electrons. The number of rotatable bonds is 6. The molecule has 0 fully saturated rings. The molecule has 1 aromatic heterocycles. The zero-order chi connectivity index (χ0) is 17.8. The van der Waals surface area contributed by atoms with E-state index < -0.39 is 0 Å². The van der Waals surface area contributed by atoms with E-state index in [2.05, 4.69) is 52.8 Å². The van der Waals surface area contributed by atoms with E-state index in [1.165, 1.54) is 46.9 Å². The number of unbranched alkanes of at least 4 members (excludes halogenated alkanes) is 1. The van der Waals surface area contributed by atoms with Gasteiger partial charge in [0.15, 0.2) is 0 Å². The molecule has 1 aliphatic heterocycles. The fourth-order valence-corrected chi connectivity index (χ4v) is 4.25. The first-order valence-corrected chi connectivity index (χ1v) is 9.91. The molecule has 2 N–H and O–H groups in total. The predicted molar refractivity (Wildman–Crippen MR) is 112 cm³/mol. The van der Waals surface area contributed by atoms with Crippen LogP contribution in [0, 0.1) is 0 Å². The van der Waals surface area contributed by atoms with Crippen molar-refractivity contribution in [3.63, 3.8) is 0 Å². The fourth-order valence-electron chi connectivity index (χ4n) is 3.99. The largest absolute Gasteiger partial charge is 0.361 e. The molecule has 3 aromatic rings. The van der Waals surface area contributed by atoms with E-state index in [1.807, 2.05) is 18.3 Å². The second-order valence-corrected chi connectivity index (χ2v) is 7.53. The van der Waals surface area contributed by atoms with E-state index in [-0.39, 0.29) is 0 Å². The van der Waals surface area contributed by atoms with Crippen LogP contribution in [-0.4, -0.2) is 17.6 Å². The number of benzene rings is 2. The maximum Gasteiger partial charge on any atom is 0.0481 e. The van der Waals surface area contributed by atoms with Gasteiger partial charge in [-0.15, -0.1) is 0 Å². The Balaban J connectivity index is 1.30. The minimum Gasteiger partial charge on any atom is -0.361 e. The highest BCUT2D eigenvalue weighted by Gasteiger charge is 2.17. The third kappa shape index (κ3) is 3.87. The summed E-state index contributed by atoms with van der Waals surface area (Å²) in [5.41, 5.74) is 5.28. The molecule has 26 heavy (non-hydrogen) atoms. The van der Waals surface area contributed by atoms with E-state index in [4.69, 9.17) is 11.6 Å². The minimum absolute atomic E-state index is 0.550. The lowest BCUT2D eigenvalue weighted by Crippen LogP contribution is -2.32. The van der Waals surface area contributed by atoms with Crippen LogP contribution in [0.3, 0.4) is 0 Å². The molecule has 3 heteroatoms. The van der Waals surface area contributed by atoms with Crippen LogP contribution in [0.2, 0.25) is 5.02 Å². The minimum atomic E-state index is 0.550. The first-order valence-electron chi connectivity index (χ1n) is 9.53. The summed E-state index contributed by atoms with van der Waals surface area (Å²) in [7, 11) is 0. The van der Waals surface area contributed by atoms with Crippen LogP contribution in [0.25, 0.3) is 16.5 Å². The summed E-state index contributed by atoms with van der Waals surface area (Å²) < 4.78 is 0. The Kier molecular flexibility index (Phi) is 5.42. The summed E-state index contributed by atoms with van der Waals surface area (Å²) in [6, 6.07) is 17.5. The Bertz CT molecular complexity index is 909. The maximum absolute atomic E-state index is 6.37. The Labute approximate surface area is 160 Å². The van der Waals surface area contributed by atoms with Gasteiger partial charge in [-0.3, -0.25) is 0 Å². The zero-order valence-electron chi connectivity index (χ0n) is 15.0. The predicted octanol–water partition coefficient (Wildman–Crippen LogP) is 5.98. The van der Waals surface area contributed by atoms with Gasteiger partial charge in [0.1, 0.15) is 0 Å². The van der Waals surface area contributed by atoms with E-state index in [0.29, 0.717) is 6.04 Å². The van der Waals surface area contributed by atoms with Crippen molar-refractivity contribution >= 4 is 28.1 Å². The quantitative estimate of drug-likeness (QED) is 0.517. The lowest BCUT2D eigenvalue weighted by atomic mass is 9.92. The average molecular weight is 365 g/mol. The number of H-pyrrole nitrogens is 1. The second-order valence-electron chi connectivity index (χ2n) is 7.12. The molecule has 4 rings (SSSR count). The summed E-state index contributed by atoms with van der Waals surface area (Å²) in [6.45, 7) is 0.938. The molecule has 2 nitrogen and oxygen atoms in total. The fraction of sp³-hybridized carbons (Fsp3) is 0.304. The van der Waals surface area contributed by atoms with Gasteiger partial charge in [-0.1, -0.05) is 54.4 Å². The molecule has 0 saturated heterocycles. The third-order valence-corrected chi connectivity index (χ3v) is 5.70. The molecular formula is C23H25ClN2. The molecule has 0 amide bonds. The highest BCUT2D eigenvalue weighted by molar-refractivity contribution is 6.32. The van der Waals surface area contributed by atoms with Crippen molar-refractivity contribution < 1.29 is 0 Å². The Morgan fingerprint density at radius 1 is 1.00 bits per heavy atom. The van der Waals surface area contributed by atoms with E-state index in [0.717, 1.165) is 24.4 Å². The first kappa shape index (κ1) is 17.4. The molecule has 1 atom stereocenters. The zero-order valence-corrected chi connectivity index (χ0v) is 15.7. The molecule has 0 bridgehead atoms. The van der Waals surface area contributed by atoms with E-state index >= 15 is 0 Å². The van der Waals surface area contributed by atoms with Crippen molar-refractivity contribution in [3.05, 3.63) is 77.0 Å². The SMILES string of the molecule is Clc1ccccc1C1=CCNC(CCCCc2cccc3[nH]ccc23)C1. The van der Waals surface area contributed by atoms with Crippen LogP contribution in [0.1, 0.15) is 36.8 Å². The summed E-state index contributed by atoms with van der Waals surface area (Å²) in [4.78, 5) is 3.30. The van der Waals surface area contributed by atoms with E-state index in [1.54, 1.807) is 0 Å². The molecule has 0 aliphatic carbocycles. The van der Waals surface area contributed by atoms with Gasteiger partial charge in [0.2, 0.25) is 0 Å². The van der Waals surface area contributed by atoms with Crippen molar-refractivity contribution in [3.8, 4) is 0 Å². The molecule has 2 heterocycles. The number of hydrogen-bond acceptors (Lipinski definition) is 1. The van der Waals surface area contributed by atoms with Gasteiger partial charge in [-0.2, -0.15) is 0 Å². The van der Waals surface area contributed by atoms with Crippen LogP contribution in [0.4, 0.5) is 0 Å². The smallest absolute Gasteiger partial charge is 0.0481 e. The van der Waals surface area contributed by atoms with Crippen molar-refractivity contribution in [2.24, 2.45) is 0 Å². The van der Waals surface area contributed by atoms with Crippen LogP contribution in [0.5, 0.6) is 0 Å². The molecule has 1 aliphatic rings. The normalized spacial score (nSPS) is 17.4. The van der Waals surface area contributed by atoms with Gasteiger partial charge < -0.3 is 10.3 Å². The molecular weight excluding hydrogens is 340 g/mol. The van der Waals surface area contributed by atoms with Gasteiger partial charge in [-0.05, 0) is 60.6 Å². The number of halogens is 1. The average Bonchev–Trinajstić information content (AvgIpc) is 3.15. The Morgan fingerprint density at radius 2 is 1.92 bits per heavy atom. The highest BCUT2D eigenvalue weighted by atomic mass is 35.5. The maximum atomic E-state index is 6.37. The number of hydrogen-bond donors (Lipinski definition) is 2. The van der Waals surface area contributed by atoms with Gasteiger partial charge in [-0.25, -0.2) is 0 Å². The van der Waals surface area contributed by atoms with Crippen molar-refractivity contribution in [2.75, 3.05) is 6.54 Å². The monoisotopic (exact) mass is 364 g/mol. The van der Waals surface area contributed by atoms with Crippen molar-refractivity contribution in [1.82, 2.24) is 10.3 Å². The Morgan fingerprint density at radius 3 is 2.85 bits per heavy atom. The summed E-state index contributed by atoms with van der Waals surface area (Å²) in [5.74, 6) is 0. The molecule has 0 saturated carbocycles. The second kappa shape index (κ2) is 8.11.